The Balaban J connectivity index is 0.00000288. The Bertz CT molecular complexity index is 436. The summed E-state index contributed by atoms with van der Waals surface area (Å²) in [5.74, 6) is 0.977. The first-order valence-corrected chi connectivity index (χ1v) is 9.08. The van der Waals surface area contributed by atoms with E-state index in [0.29, 0.717) is 24.4 Å². The number of hydrogen-bond donors (Lipinski definition) is 2. The third-order valence-corrected chi connectivity index (χ3v) is 5.04. The number of rotatable bonds is 3. The minimum Gasteiger partial charge on any atom is -0.355 e. The molecule has 0 aliphatic carbocycles. The standard InChI is InChI=1S/C18H33N3O2.ClH/c1-13-10-15(7-8-19-13)16(22)21-9-5-6-14(12-21)11-20-17(23)18(2,3)4;/h13-15,19H,5-12H2,1-4H3,(H,20,23);1H/t13-,14?,15-;/m0./s1. The van der Waals surface area contributed by atoms with Gasteiger partial charge in [-0.25, -0.2) is 0 Å². The van der Waals surface area contributed by atoms with Gasteiger partial charge in [0.25, 0.3) is 0 Å². The summed E-state index contributed by atoms with van der Waals surface area (Å²) in [7, 11) is 0. The first-order valence-electron chi connectivity index (χ1n) is 9.08. The van der Waals surface area contributed by atoms with E-state index in [9.17, 15) is 9.59 Å². The van der Waals surface area contributed by atoms with E-state index in [1.165, 1.54) is 0 Å². The highest BCUT2D eigenvalue weighted by atomic mass is 35.5. The van der Waals surface area contributed by atoms with Gasteiger partial charge in [-0.3, -0.25) is 9.59 Å². The molecule has 0 saturated carbocycles. The van der Waals surface area contributed by atoms with E-state index in [0.717, 1.165) is 45.3 Å². The molecule has 24 heavy (non-hydrogen) atoms. The zero-order chi connectivity index (χ0) is 17.0. The van der Waals surface area contributed by atoms with Crippen LogP contribution in [0.4, 0.5) is 0 Å². The number of nitrogens with one attached hydrogen (secondary N) is 2. The summed E-state index contributed by atoms with van der Waals surface area (Å²) in [5, 5.41) is 6.46. The summed E-state index contributed by atoms with van der Waals surface area (Å²) in [4.78, 5) is 26.8. The lowest BCUT2D eigenvalue weighted by atomic mass is 9.90. The highest BCUT2D eigenvalue weighted by Crippen LogP contribution is 2.23. The van der Waals surface area contributed by atoms with Gasteiger partial charge in [-0.2, -0.15) is 0 Å². The van der Waals surface area contributed by atoms with Crippen LogP contribution in [0, 0.1) is 17.3 Å². The highest BCUT2D eigenvalue weighted by Gasteiger charge is 2.31. The maximum absolute atomic E-state index is 12.8. The van der Waals surface area contributed by atoms with Crippen molar-refractivity contribution in [1.29, 1.82) is 0 Å². The molecule has 140 valence electrons. The molecular weight excluding hydrogens is 326 g/mol. The first kappa shape index (κ1) is 21.2. The van der Waals surface area contributed by atoms with Crippen LogP contribution in [0.1, 0.15) is 53.4 Å². The van der Waals surface area contributed by atoms with Crippen molar-refractivity contribution in [3.05, 3.63) is 0 Å². The van der Waals surface area contributed by atoms with E-state index in [4.69, 9.17) is 0 Å². The topological polar surface area (TPSA) is 61.4 Å². The SMILES string of the molecule is C[C@H]1C[C@@H](C(=O)N2CCCC(CNC(=O)C(C)(C)C)C2)CCN1.Cl. The molecule has 2 rings (SSSR count). The molecular formula is C18H34ClN3O2. The summed E-state index contributed by atoms with van der Waals surface area (Å²) in [6, 6.07) is 0.435. The largest absolute Gasteiger partial charge is 0.355 e. The predicted octanol–water partition coefficient (Wildman–Crippen LogP) is 2.20. The molecule has 0 spiro atoms. The molecule has 0 aromatic rings. The van der Waals surface area contributed by atoms with Crippen LogP contribution in [0.3, 0.4) is 0 Å². The Morgan fingerprint density at radius 3 is 2.58 bits per heavy atom. The van der Waals surface area contributed by atoms with Gasteiger partial charge in [0, 0.05) is 37.0 Å². The molecule has 2 aliphatic rings. The lowest BCUT2D eigenvalue weighted by molar-refractivity contribution is -0.138. The van der Waals surface area contributed by atoms with Gasteiger partial charge in [0.05, 0.1) is 0 Å². The van der Waals surface area contributed by atoms with Gasteiger partial charge < -0.3 is 15.5 Å². The van der Waals surface area contributed by atoms with Crippen LogP contribution in [0.25, 0.3) is 0 Å². The molecule has 0 bridgehead atoms. The lowest BCUT2D eigenvalue weighted by Crippen LogP contribution is -2.49. The van der Waals surface area contributed by atoms with E-state index in [-0.39, 0.29) is 29.6 Å². The van der Waals surface area contributed by atoms with Gasteiger partial charge in [-0.1, -0.05) is 20.8 Å². The molecule has 6 heteroatoms. The van der Waals surface area contributed by atoms with Gasteiger partial charge >= 0.3 is 0 Å². The van der Waals surface area contributed by atoms with Crippen molar-refractivity contribution < 1.29 is 9.59 Å². The van der Waals surface area contributed by atoms with Crippen LogP contribution in [-0.4, -0.2) is 48.9 Å². The van der Waals surface area contributed by atoms with Crippen LogP contribution in [0.5, 0.6) is 0 Å². The third-order valence-electron chi connectivity index (χ3n) is 5.04. The number of amides is 2. The van der Waals surface area contributed by atoms with E-state index in [1.54, 1.807) is 0 Å². The zero-order valence-corrected chi connectivity index (χ0v) is 16.4. The Kier molecular flexibility index (Phi) is 8.00. The molecule has 2 saturated heterocycles. The first-order chi connectivity index (χ1) is 10.8. The number of likely N-dealkylation sites (tertiary alicyclic amines) is 1. The van der Waals surface area contributed by atoms with Crippen LogP contribution in [0.2, 0.25) is 0 Å². The van der Waals surface area contributed by atoms with Gasteiger partial charge in [-0.15, -0.1) is 12.4 Å². The van der Waals surface area contributed by atoms with Crippen LogP contribution >= 0.6 is 12.4 Å². The van der Waals surface area contributed by atoms with Crippen molar-refractivity contribution >= 4 is 24.2 Å². The molecule has 2 fully saturated rings. The number of halogens is 1. The average Bonchev–Trinajstić information content (AvgIpc) is 2.51. The van der Waals surface area contributed by atoms with Gasteiger partial charge in [0.2, 0.25) is 11.8 Å². The molecule has 0 aromatic heterocycles. The van der Waals surface area contributed by atoms with Crippen molar-refractivity contribution in [2.75, 3.05) is 26.2 Å². The molecule has 0 aromatic carbocycles. The second-order valence-electron chi connectivity index (χ2n) is 8.33. The molecule has 2 amide bonds. The number of piperidine rings is 2. The van der Waals surface area contributed by atoms with E-state index in [2.05, 4.69) is 17.6 Å². The molecule has 1 unspecified atom stereocenters. The van der Waals surface area contributed by atoms with Crippen LogP contribution in [0.15, 0.2) is 0 Å². The maximum Gasteiger partial charge on any atom is 0.225 e. The number of nitrogens with zero attached hydrogens (tertiary/aromatic N) is 1. The summed E-state index contributed by atoms with van der Waals surface area (Å²) >= 11 is 0. The zero-order valence-electron chi connectivity index (χ0n) is 15.6. The quantitative estimate of drug-likeness (QED) is 0.812. The van der Waals surface area contributed by atoms with E-state index in [1.807, 2.05) is 25.7 Å². The summed E-state index contributed by atoms with van der Waals surface area (Å²) in [6.07, 6.45) is 4.03. The normalized spacial score (nSPS) is 28.0. The van der Waals surface area contributed by atoms with Crippen LogP contribution < -0.4 is 10.6 Å². The molecule has 3 atom stereocenters. The summed E-state index contributed by atoms with van der Waals surface area (Å²) in [6.45, 7) is 11.2. The second kappa shape index (κ2) is 9.04. The Labute approximate surface area is 152 Å². The van der Waals surface area contributed by atoms with Gasteiger partial charge in [-0.05, 0) is 45.1 Å². The van der Waals surface area contributed by atoms with E-state index < -0.39 is 0 Å². The highest BCUT2D eigenvalue weighted by molar-refractivity contribution is 5.85. The number of carbonyl (C=O) groups is 2. The van der Waals surface area contributed by atoms with Crippen molar-refractivity contribution in [2.24, 2.45) is 17.3 Å². The minimum absolute atomic E-state index is 0. The lowest BCUT2D eigenvalue weighted by Gasteiger charge is -2.37. The molecule has 2 heterocycles. The predicted molar refractivity (Wildman–Crippen MR) is 99.2 cm³/mol. The minimum atomic E-state index is -0.352. The van der Waals surface area contributed by atoms with Crippen LogP contribution in [-0.2, 0) is 9.59 Å². The smallest absolute Gasteiger partial charge is 0.225 e. The monoisotopic (exact) mass is 359 g/mol. The van der Waals surface area contributed by atoms with E-state index >= 15 is 0 Å². The Morgan fingerprint density at radius 2 is 1.96 bits per heavy atom. The Morgan fingerprint density at radius 1 is 1.25 bits per heavy atom. The third kappa shape index (κ3) is 5.92. The maximum atomic E-state index is 12.8. The second-order valence-corrected chi connectivity index (χ2v) is 8.33. The molecule has 2 N–H and O–H groups in total. The number of hydrogen-bond acceptors (Lipinski definition) is 3. The Hall–Kier alpha value is -0.810. The van der Waals surface area contributed by atoms with Crippen molar-refractivity contribution in [1.82, 2.24) is 15.5 Å². The molecule has 0 radical (unpaired) electrons. The summed E-state index contributed by atoms with van der Waals surface area (Å²) in [5.41, 5.74) is -0.352. The van der Waals surface area contributed by atoms with Crippen molar-refractivity contribution in [2.45, 2.75) is 59.4 Å². The molecule has 2 aliphatic heterocycles. The van der Waals surface area contributed by atoms with Crippen molar-refractivity contribution in [3.8, 4) is 0 Å². The average molecular weight is 360 g/mol. The van der Waals surface area contributed by atoms with Crippen molar-refractivity contribution in [3.63, 3.8) is 0 Å². The van der Waals surface area contributed by atoms with Gasteiger partial charge in [0.1, 0.15) is 0 Å². The fourth-order valence-electron chi connectivity index (χ4n) is 3.55. The fraction of sp³-hybridized carbons (Fsp3) is 0.889. The summed E-state index contributed by atoms with van der Waals surface area (Å²) < 4.78 is 0. The fourth-order valence-corrected chi connectivity index (χ4v) is 3.55. The molecule has 5 nitrogen and oxygen atoms in total. The van der Waals surface area contributed by atoms with Gasteiger partial charge in [0.15, 0.2) is 0 Å². The number of carbonyl (C=O) groups excluding carboxylic acids is 2.